The van der Waals surface area contributed by atoms with E-state index < -0.39 is 6.10 Å². The summed E-state index contributed by atoms with van der Waals surface area (Å²) in [6.45, 7) is 4.57. The third-order valence-electron chi connectivity index (χ3n) is 5.46. The highest BCUT2D eigenvalue weighted by Crippen LogP contribution is 2.32. The molecule has 1 aromatic carbocycles. The van der Waals surface area contributed by atoms with Gasteiger partial charge in [-0.05, 0) is 61.4 Å². The molecule has 0 radical (unpaired) electrons. The topological polar surface area (TPSA) is 76.4 Å². The van der Waals surface area contributed by atoms with Crippen molar-refractivity contribution in [2.24, 2.45) is 0 Å². The van der Waals surface area contributed by atoms with Gasteiger partial charge in [0.15, 0.2) is 6.10 Å². The van der Waals surface area contributed by atoms with E-state index in [4.69, 9.17) is 16.3 Å². The summed E-state index contributed by atoms with van der Waals surface area (Å²) in [6, 6.07) is 5.80. The smallest absolute Gasteiger partial charge is 0.261 e. The van der Waals surface area contributed by atoms with Gasteiger partial charge < -0.3 is 19.7 Å². The van der Waals surface area contributed by atoms with Gasteiger partial charge in [0.1, 0.15) is 5.75 Å². The van der Waals surface area contributed by atoms with Crippen molar-refractivity contribution in [1.29, 1.82) is 0 Å². The molecule has 1 aliphatic carbocycles. The number of aromatic nitrogens is 2. The minimum atomic E-state index is -0.480. The van der Waals surface area contributed by atoms with E-state index in [2.05, 4.69) is 16.9 Å². The SMILES string of the molecule is C=C(CCNC(=O)[C@H]1CCc2cc(Cl)ccc2O1)c1cn(C2CC(O)C2)cn1. The van der Waals surface area contributed by atoms with Crippen LogP contribution >= 0.6 is 11.6 Å². The van der Waals surface area contributed by atoms with Crippen LogP contribution in [0.1, 0.15) is 43.0 Å². The molecule has 2 heterocycles. The van der Waals surface area contributed by atoms with Crippen LogP contribution in [0.4, 0.5) is 0 Å². The molecule has 0 saturated heterocycles. The molecule has 7 heteroatoms. The van der Waals surface area contributed by atoms with Crippen molar-refractivity contribution in [3.05, 3.63) is 53.6 Å². The first-order valence-electron chi connectivity index (χ1n) is 9.62. The highest BCUT2D eigenvalue weighted by atomic mass is 35.5. The molecule has 2 N–H and O–H groups in total. The van der Waals surface area contributed by atoms with Crippen LogP contribution in [-0.2, 0) is 11.2 Å². The zero-order valence-electron chi connectivity index (χ0n) is 15.6. The quantitative estimate of drug-likeness (QED) is 0.779. The molecule has 1 aromatic heterocycles. The number of aryl methyl sites for hydroxylation is 1. The number of halogens is 1. The Hall–Kier alpha value is -2.31. The number of hydrogen-bond acceptors (Lipinski definition) is 4. The molecule has 1 atom stereocenters. The minimum absolute atomic E-state index is 0.109. The van der Waals surface area contributed by atoms with Gasteiger partial charge in [0, 0.05) is 23.8 Å². The normalized spacial score (nSPS) is 23.3. The third-order valence-corrected chi connectivity index (χ3v) is 5.69. The summed E-state index contributed by atoms with van der Waals surface area (Å²) < 4.78 is 7.85. The summed E-state index contributed by atoms with van der Waals surface area (Å²) in [7, 11) is 0. The third kappa shape index (κ3) is 4.08. The molecule has 1 amide bonds. The molecule has 2 aliphatic rings. The van der Waals surface area contributed by atoms with E-state index in [-0.39, 0.29) is 12.0 Å². The number of nitrogens with one attached hydrogen (secondary N) is 1. The summed E-state index contributed by atoms with van der Waals surface area (Å²) in [5.41, 5.74) is 2.75. The van der Waals surface area contributed by atoms with E-state index in [0.717, 1.165) is 41.8 Å². The van der Waals surface area contributed by atoms with Crippen molar-refractivity contribution >= 4 is 23.1 Å². The van der Waals surface area contributed by atoms with Crippen LogP contribution in [0.15, 0.2) is 37.3 Å². The predicted molar refractivity (Wildman–Crippen MR) is 107 cm³/mol. The van der Waals surface area contributed by atoms with E-state index in [1.54, 1.807) is 12.4 Å². The molecule has 6 nitrogen and oxygen atoms in total. The van der Waals surface area contributed by atoms with E-state index in [1.165, 1.54) is 0 Å². The van der Waals surface area contributed by atoms with Crippen LogP contribution < -0.4 is 10.1 Å². The van der Waals surface area contributed by atoms with Gasteiger partial charge in [0.25, 0.3) is 5.91 Å². The van der Waals surface area contributed by atoms with Crippen LogP contribution in [0.3, 0.4) is 0 Å². The predicted octanol–water partition coefficient (Wildman–Crippen LogP) is 3.15. The number of ether oxygens (including phenoxy) is 1. The van der Waals surface area contributed by atoms with Gasteiger partial charge in [-0.15, -0.1) is 0 Å². The lowest BCUT2D eigenvalue weighted by Crippen LogP contribution is -2.40. The molecule has 4 rings (SSSR count). The largest absolute Gasteiger partial charge is 0.480 e. The number of fused-ring (bicyclic) bond motifs is 1. The van der Waals surface area contributed by atoms with Crippen molar-refractivity contribution in [2.45, 2.75) is 50.4 Å². The number of carbonyl (C=O) groups excluding carboxylic acids is 1. The molecular weight excluding hydrogens is 378 g/mol. The van der Waals surface area contributed by atoms with Crippen molar-refractivity contribution < 1.29 is 14.6 Å². The van der Waals surface area contributed by atoms with Crippen molar-refractivity contribution in [3.63, 3.8) is 0 Å². The maximum absolute atomic E-state index is 12.4. The van der Waals surface area contributed by atoms with Crippen LogP contribution in [-0.4, -0.2) is 39.3 Å². The summed E-state index contributed by atoms with van der Waals surface area (Å²) in [4.78, 5) is 16.8. The van der Waals surface area contributed by atoms with Crippen molar-refractivity contribution in [2.75, 3.05) is 6.54 Å². The monoisotopic (exact) mass is 401 g/mol. The number of hydrogen-bond donors (Lipinski definition) is 2. The van der Waals surface area contributed by atoms with Gasteiger partial charge >= 0.3 is 0 Å². The second-order valence-electron chi connectivity index (χ2n) is 7.53. The molecule has 0 bridgehead atoms. The second kappa shape index (κ2) is 7.97. The summed E-state index contributed by atoms with van der Waals surface area (Å²) in [5.74, 6) is 0.620. The highest BCUT2D eigenvalue weighted by molar-refractivity contribution is 6.30. The Kier molecular flexibility index (Phi) is 5.42. The van der Waals surface area contributed by atoms with Gasteiger partial charge in [-0.1, -0.05) is 18.2 Å². The zero-order chi connectivity index (χ0) is 19.7. The molecular formula is C21H24ClN3O3. The number of nitrogens with zero attached hydrogens (tertiary/aromatic N) is 2. The number of imidazole rings is 1. The number of benzene rings is 1. The fourth-order valence-electron chi connectivity index (χ4n) is 3.64. The van der Waals surface area contributed by atoms with Gasteiger partial charge in [-0.2, -0.15) is 0 Å². The molecule has 148 valence electrons. The Balaban J connectivity index is 1.24. The van der Waals surface area contributed by atoms with Crippen molar-refractivity contribution in [3.8, 4) is 5.75 Å². The lowest BCUT2D eigenvalue weighted by atomic mass is 9.89. The van der Waals surface area contributed by atoms with E-state index >= 15 is 0 Å². The van der Waals surface area contributed by atoms with Crippen LogP contribution in [0, 0.1) is 0 Å². The Labute approximate surface area is 169 Å². The maximum Gasteiger partial charge on any atom is 0.261 e. The van der Waals surface area contributed by atoms with Gasteiger partial charge in [-0.3, -0.25) is 4.79 Å². The van der Waals surface area contributed by atoms with E-state index in [0.29, 0.717) is 30.5 Å². The number of amides is 1. The summed E-state index contributed by atoms with van der Waals surface area (Å²) >= 11 is 6.00. The van der Waals surface area contributed by atoms with Crippen LogP contribution in [0.2, 0.25) is 5.02 Å². The Morgan fingerprint density at radius 1 is 1.43 bits per heavy atom. The minimum Gasteiger partial charge on any atom is -0.480 e. The first-order valence-corrected chi connectivity index (χ1v) is 10.00. The Morgan fingerprint density at radius 2 is 2.25 bits per heavy atom. The van der Waals surface area contributed by atoms with Gasteiger partial charge in [0.2, 0.25) is 0 Å². The number of aliphatic hydroxyl groups is 1. The maximum atomic E-state index is 12.4. The number of aliphatic hydroxyl groups excluding tert-OH is 1. The van der Waals surface area contributed by atoms with Gasteiger partial charge in [0.05, 0.1) is 18.1 Å². The van der Waals surface area contributed by atoms with E-state index in [9.17, 15) is 9.90 Å². The summed E-state index contributed by atoms with van der Waals surface area (Å²) in [6.07, 6.45) is 6.65. The number of carbonyl (C=O) groups is 1. The molecule has 28 heavy (non-hydrogen) atoms. The highest BCUT2D eigenvalue weighted by Gasteiger charge is 2.29. The fourth-order valence-corrected chi connectivity index (χ4v) is 3.84. The zero-order valence-corrected chi connectivity index (χ0v) is 16.4. The number of rotatable bonds is 6. The lowest BCUT2D eigenvalue weighted by Gasteiger charge is -2.32. The first-order chi connectivity index (χ1) is 13.5. The van der Waals surface area contributed by atoms with Gasteiger partial charge in [-0.25, -0.2) is 4.98 Å². The first kappa shape index (κ1) is 19.0. The molecule has 2 aromatic rings. The fraction of sp³-hybridized carbons (Fsp3) is 0.429. The average molecular weight is 402 g/mol. The van der Waals surface area contributed by atoms with Crippen LogP contribution in [0.5, 0.6) is 5.75 Å². The molecule has 1 fully saturated rings. The Bertz CT molecular complexity index is 889. The Morgan fingerprint density at radius 3 is 3.04 bits per heavy atom. The molecule has 1 aliphatic heterocycles. The van der Waals surface area contributed by atoms with Crippen LogP contribution in [0.25, 0.3) is 5.57 Å². The van der Waals surface area contributed by atoms with E-state index in [1.807, 2.05) is 22.9 Å². The molecule has 1 saturated carbocycles. The molecule has 0 unspecified atom stereocenters. The van der Waals surface area contributed by atoms with Crippen molar-refractivity contribution in [1.82, 2.24) is 14.9 Å². The average Bonchev–Trinajstić information content (AvgIpc) is 3.14. The molecule has 0 spiro atoms. The lowest BCUT2D eigenvalue weighted by molar-refractivity contribution is -0.128. The summed E-state index contributed by atoms with van der Waals surface area (Å²) in [5, 5.41) is 13.0. The standard InChI is InChI=1S/C21H24ClN3O3/c1-13(18-11-25(12-24-18)16-9-17(26)10-16)6-7-23-21(27)20-4-2-14-8-15(22)3-5-19(14)28-20/h3,5,8,11-12,16-17,20,26H,1-2,4,6-7,9-10H2,(H,23,27)/t16?,17?,20-/m1/s1. The second-order valence-corrected chi connectivity index (χ2v) is 7.96.